The molecule has 3 rings (SSSR count). The van der Waals surface area contributed by atoms with Crippen LogP contribution >= 0.6 is 0 Å². The number of aromatic amines is 1. The smallest absolute Gasteiger partial charge is 0.438 e. The van der Waals surface area contributed by atoms with Crippen molar-refractivity contribution < 1.29 is 27.2 Å². The van der Waals surface area contributed by atoms with E-state index in [9.17, 15) is 22.8 Å². The van der Waals surface area contributed by atoms with E-state index in [0.29, 0.717) is 0 Å². The van der Waals surface area contributed by atoms with E-state index in [1.54, 1.807) is 51.1 Å². The van der Waals surface area contributed by atoms with Crippen molar-refractivity contribution in [3.05, 3.63) is 65.9 Å². The van der Waals surface area contributed by atoms with Crippen LogP contribution in [0, 0.1) is 0 Å². The average Bonchev–Trinajstić information content (AvgIpc) is 3.41. The highest BCUT2D eigenvalue weighted by atomic mass is 19.4. The highest BCUT2D eigenvalue weighted by Crippen LogP contribution is 2.32. The largest absolute Gasteiger partial charge is 0.453 e. The first kappa shape index (κ1) is 23.0. The molecule has 1 atom stereocenters. The summed E-state index contributed by atoms with van der Waals surface area (Å²) in [5, 5.41) is 7.99. The zero-order valence-corrected chi connectivity index (χ0v) is 17.5. The second kappa shape index (κ2) is 8.81. The first-order chi connectivity index (χ1) is 15.0. The number of carbonyl (C=O) groups excluding carboxylic acids is 2. The molecule has 0 aliphatic rings. The Morgan fingerprint density at radius 1 is 1.19 bits per heavy atom. The molecule has 1 aromatic carbocycles. The number of benzene rings is 1. The van der Waals surface area contributed by atoms with Gasteiger partial charge in [0.1, 0.15) is 0 Å². The number of H-pyrrole nitrogens is 1. The maximum absolute atomic E-state index is 13.2. The maximum Gasteiger partial charge on any atom is 0.453 e. The van der Waals surface area contributed by atoms with E-state index in [2.05, 4.69) is 25.5 Å². The highest BCUT2D eigenvalue weighted by Gasteiger charge is 2.44. The molecule has 0 saturated heterocycles. The molecular formula is C20H21F3N6O3. The molecule has 2 N–H and O–H groups in total. The van der Waals surface area contributed by atoms with Gasteiger partial charge in [-0.2, -0.15) is 13.2 Å². The number of amides is 2. The van der Waals surface area contributed by atoms with Crippen LogP contribution in [0.4, 0.5) is 13.2 Å². The molecule has 1 unspecified atom stereocenters. The van der Waals surface area contributed by atoms with E-state index in [-0.39, 0.29) is 12.3 Å². The van der Waals surface area contributed by atoms with E-state index in [4.69, 9.17) is 4.42 Å². The summed E-state index contributed by atoms with van der Waals surface area (Å²) < 4.78 is 44.4. The molecule has 0 aliphatic carbocycles. The minimum Gasteiger partial charge on any atom is -0.438 e. The molecular weight excluding hydrogens is 429 g/mol. The number of hydrogen-bond acceptors (Lipinski definition) is 6. The minimum absolute atomic E-state index is 0.0882. The number of hydrogen-bond donors (Lipinski definition) is 2. The lowest BCUT2D eigenvalue weighted by Crippen LogP contribution is -2.52. The number of carbonyl (C=O) groups is 2. The monoisotopic (exact) mass is 450 g/mol. The molecule has 0 radical (unpaired) electrons. The molecule has 12 heteroatoms. The van der Waals surface area contributed by atoms with Gasteiger partial charge in [-0.1, -0.05) is 30.3 Å². The van der Waals surface area contributed by atoms with E-state index in [0.717, 1.165) is 23.1 Å². The van der Waals surface area contributed by atoms with Gasteiger partial charge in [0, 0.05) is 12.1 Å². The molecule has 170 valence electrons. The standard InChI is InChI=1S/C20H21F3N6O3/c1-19(2,3)29(17(31)13-10-24-11-32-13)14(15-26-18(28-27-15)20(21,22)23)16(30)25-9-12-7-5-4-6-8-12/h4-8,10-11,14H,9H2,1-3H3,(H,25,30)(H,26,27,28). The van der Waals surface area contributed by atoms with Crippen molar-refractivity contribution in [1.82, 2.24) is 30.4 Å². The fraction of sp³-hybridized carbons (Fsp3) is 0.350. The Labute approximate surface area is 181 Å². The number of alkyl halides is 3. The van der Waals surface area contributed by atoms with Crippen LogP contribution in [0.25, 0.3) is 0 Å². The summed E-state index contributed by atoms with van der Waals surface area (Å²) in [4.78, 5) is 34.6. The second-order valence-electron chi connectivity index (χ2n) is 7.86. The summed E-state index contributed by atoms with van der Waals surface area (Å²) in [6.45, 7) is 4.96. The van der Waals surface area contributed by atoms with Crippen molar-refractivity contribution in [3.8, 4) is 0 Å². The number of nitrogens with one attached hydrogen (secondary N) is 2. The lowest BCUT2D eigenvalue weighted by atomic mass is 10.0. The van der Waals surface area contributed by atoms with Crippen molar-refractivity contribution in [2.75, 3.05) is 0 Å². The Hall–Kier alpha value is -3.70. The first-order valence-electron chi connectivity index (χ1n) is 9.52. The van der Waals surface area contributed by atoms with Crippen molar-refractivity contribution in [1.29, 1.82) is 0 Å². The van der Waals surface area contributed by atoms with Crippen LogP contribution in [0.5, 0.6) is 0 Å². The molecule has 3 aromatic rings. The number of halogens is 3. The molecule has 9 nitrogen and oxygen atoms in total. The van der Waals surface area contributed by atoms with Crippen molar-refractivity contribution in [3.63, 3.8) is 0 Å². The third kappa shape index (κ3) is 5.13. The van der Waals surface area contributed by atoms with Crippen molar-refractivity contribution >= 4 is 11.8 Å². The maximum atomic E-state index is 13.2. The van der Waals surface area contributed by atoms with Gasteiger partial charge in [-0.3, -0.25) is 14.7 Å². The topological polar surface area (TPSA) is 117 Å². The molecule has 0 aliphatic heterocycles. The zero-order valence-electron chi connectivity index (χ0n) is 17.5. The first-order valence-corrected chi connectivity index (χ1v) is 9.52. The molecule has 0 bridgehead atoms. The number of oxazole rings is 1. The predicted octanol–water partition coefficient (Wildman–Crippen LogP) is 3.11. The predicted molar refractivity (Wildman–Crippen MR) is 105 cm³/mol. The molecule has 2 aromatic heterocycles. The van der Waals surface area contributed by atoms with Gasteiger partial charge in [-0.15, -0.1) is 5.10 Å². The van der Waals surface area contributed by atoms with Crippen LogP contribution in [0.15, 0.2) is 47.3 Å². The Balaban J connectivity index is 2.02. The molecule has 2 amide bonds. The minimum atomic E-state index is -4.83. The lowest BCUT2D eigenvalue weighted by molar-refractivity contribution is -0.145. The van der Waals surface area contributed by atoms with Crippen LogP contribution in [0.1, 0.15) is 54.6 Å². The Morgan fingerprint density at radius 2 is 1.88 bits per heavy atom. The fourth-order valence-electron chi connectivity index (χ4n) is 3.02. The second-order valence-corrected chi connectivity index (χ2v) is 7.86. The van der Waals surface area contributed by atoms with Gasteiger partial charge in [0.2, 0.25) is 5.76 Å². The lowest BCUT2D eigenvalue weighted by Gasteiger charge is -2.39. The summed E-state index contributed by atoms with van der Waals surface area (Å²) >= 11 is 0. The van der Waals surface area contributed by atoms with Crippen LogP contribution < -0.4 is 5.32 Å². The van der Waals surface area contributed by atoms with Gasteiger partial charge >= 0.3 is 6.18 Å². The third-order valence-corrected chi connectivity index (χ3v) is 4.42. The number of aromatic nitrogens is 4. The van der Waals surface area contributed by atoms with Gasteiger partial charge in [0.15, 0.2) is 18.3 Å². The van der Waals surface area contributed by atoms with Crippen LogP contribution in [-0.4, -0.2) is 42.4 Å². The summed E-state index contributed by atoms with van der Waals surface area (Å²) in [5.74, 6) is -3.57. The van der Waals surface area contributed by atoms with E-state index in [1.807, 2.05) is 0 Å². The third-order valence-electron chi connectivity index (χ3n) is 4.42. The van der Waals surface area contributed by atoms with Gasteiger partial charge in [0.05, 0.1) is 6.20 Å². The van der Waals surface area contributed by atoms with Crippen molar-refractivity contribution in [2.24, 2.45) is 0 Å². The van der Waals surface area contributed by atoms with Crippen molar-refractivity contribution in [2.45, 2.75) is 45.1 Å². The quantitative estimate of drug-likeness (QED) is 0.596. The van der Waals surface area contributed by atoms with Crippen LogP contribution in [0.2, 0.25) is 0 Å². The highest BCUT2D eigenvalue weighted by molar-refractivity contribution is 5.96. The summed E-state index contributed by atoms with van der Waals surface area (Å²) in [6, 6.07) is 7.35. The molecule has 2 heterocycles. The van der Waals surface area contributed by atoms with Gasteiger partial charge in [0.25, 0.3) is 17.6 Å². The number of nitrogens with zero attached hydrogens (tertiary/aromatic N) is 4. The SMILES string of the molecule is CC(C)(C)N(C(=O)c1cnco1)C(C(=O)NCc1ccccc1)c1nc(C(F)(F)F)n[nH]1. The molecule has 0 fully saturated rings. The van der Waals surface area contributed by atoms with E-state index < -0.39 is 41.2 Å². The zero-order chi connectivity index (χ0) is 23.5. The fourth-order valence-corrected chi connectivity index (χ4v) is 3.02. The summed E-state index contributed by atoms with van der Waals surface area (Å²) in [7, 11) is 0. The normalized spacial score (nSPS) is 12.9. The van der Waals surface area contributed by atoms with E-state index >= 15 is 0 Å². The average molecular weight is 450 g/mol. The van der Waals surface area contributed by atoms with Crippen LogP contribution in [0.3, 0.4) is 0 Å². The molecule has 0 spiro atoms. The van der Waals surface area contributed by atoms with Crippen LogP contribution in [-0.2, 0) is 17.5 Å². The van der Waals surface area contributed by atoms with Gasteiger partial charge < -0.3 is 14.6 Å². The summed E-state index contributed by atoms with van der Waals surface area (Å²) in [5.41, 5.74) is -0.263. The Kier molecular flexibility index (Phi) is 6.32. The summed E-state index contributed by atoms with van der Waals surface area (Å²) in [6.07, 6.45) is -2.64. The van der Waals surface area contributed by atoms with Gasteiger partial charge in [-0.25, -0.2) is 9.97 Å². The Morgan fingerprint density at radius 3 is 2.41 bits per heavy atom. The molecule has 32 heavy (non-hydrogen) atoms. The van der Waals surface area contributed by atoms with E-state index in [1.165, 1.54) is 0 Å². The van der Waals surface area contributed by atoms with Gasteiger partial charge in [-0.05, 0) is 26.3 Å². The molecule has 0 saturated carbocycles. The number of rotatable bonds is 6. The Bertz CT molecular complexity index is 1060.